The largest absolute Gasteiger partial charge is 0.369 e. The molecule has 0 saturated carbocycles. The fourth-order valence-electron chi connectivity index (χ4n) is 1.84. The van der Waals surface area contributed by atoms with Crippen molar-refractivity contribution in [1.29, 1.82) is 0 Å². The summed E-state index contributed by atoms with van der Waals surface area (Å²) in [7, 11) is 0. The van der Waals surface area contributed by atoms with Crippen molar-refractivity contribution >= 4 is 29.2 Å². The van der Waals surface area contributed by atoms with Gasteiger partial charge in [0.15, 0.2) is 0 Å². The summed E-state index contributed by atoms with van der Waals surface area (Å²) in [5, 5.41) is 0.669. The third-order valence-electron chi connectivity index (χ3n) is 2.48. The SMILES string of the molecule is CC1(C)N=C(N)N=C(N)N1[13c]1[13cH][13cH][13c](Cl)[13cH][13cH]1. The van der Waals surface area contributed by atoms with Gasteiger partial charge in [0.2, 0.25) is 11.9 Å². The molecule has 2 rings (SSSR count). The van der Waals surface area contributed by atoms with Crippen LogP contribution in [-0.2, 0) is 0 Å². The van der Waals surface area contributed by atoms with Crippen LogP contribution < -0.4 is 16.4 Å². The number of halogens is 1. The number of anilines is 1. The average Bonchev–Trinajstić information content (AvgIpc) is 2.18. The Bertz CT molecular complexity index is 489. The third-order valence-corrected chi connectivity index (χ3v) is 2.73. The maximum atomic E-state index is 5.90. The maximum Gasteiger partial charge on any atom is 0.220 e. The summed E-state index contributed by atoms with van der Waals surface area (Å²) in [6.07, 6.45) is 0. The average molecular weight is 258 g/mol. The van der Waals surface area contributed by atoms with Crippen molar-refractivity contribution in [3.05, 3.63) is 29.3 Å². The molecule has 0 aliphatic carbocycles. The second-order valence-corrected chi connectivity index (χ2v) is 4.68. The standard InChI is InChI=1S/C11H14ClN5/c1-11(2)16-9(13)15-10(14)17(11)8-5-3-7(12)4-6-8/h3-6H,1-2H3,(H4,13,14,15,16)/i3+1,4+1,5+1,6+1,7+1,8+1. The van der Waals surface area contributed by atoms with Crippen molar-refractivity contribution in [3.63, 3.8) is 0 Å². The number of rotatable bonds is 1. The van der Waals surface area contributed by atoms with Crippen molar-refractivity contribution in [3.8, 4) is 0 Å². The van der Waals surface area contributed by atoms with E-state index in [9.17, 15) is 0 Å². The number of guanidine groups is 2. The first-order valence-corrected chi connectivity index (χ1v) is 5.53. The van der Waals surface area contributed by atoms with Crippen molar-refractivity contribution in [2.24, 2.45) is 21.5 Å². The zero-order valence-electron chi connectivity index (χ0n) is 9.68. The first-order valence-electron chi connectivity index (χ1n) is 5.15. The van der Waals surface area contributed by atoms with E-state index < -0.39 is 5.66 Å². The van der Waals surface area contributed by atoms with Gasteiger partial charge in [-0.3, -0.25) is 4.90 Å². The predicted octanol–water partition coefficient (Wildman–Crippen LogP) is 1.53. The van der Waals surface area contributed by atoms with E-state index in [1.54, 1.807) is 17.0 Å². The zero-order chi connectivity index (χ0) is 12.6. The monoisotopic (exact) mass is 257 g/mol. The number of benzene rings is 1. The number of hydrogen-bond donors (Lipinski definition) is 2. The lowest BCUT2D eigenvalue weighted by Crippen LogP contribution is -2.54. The molecule has 17 heavy (non-hydrogen) atoms. The topological polar surface area (TPSA) is 80.0 Å². The normalized spacial score (nSPS) is 18.6. The molecular formula is C11H14ClN5. The Morgan fingerprint density at radius 2 is 1.76 bits per heavy atom. The van der Waals surface area contributed by atoms with Crippen LogP contribution in [0.15, 0.2) is 34.3 Å². The van der Waals surface area contributed by atoms with Gasteiger partial charge < -0.3 is 11.5 Å². The maximum absolute atomic E-state index is 5.90. The van der Waals surface area contributed by atoms with E-state index in [0.717, 1.165) is 5.69 Å². The van der Waals surface area contributed by atoms with Crippen LogP contribution in [0.25, 0.3) is 0 Å². The molecule has 0 atom stereocenters. The van der Waals surface area contributed by atoms with Gasteiger partial charge in [-0.05, 0) is 38.1 Å². The molecule has 1 heterocycles. The van der Waals surface area contributed by atoms with E-state index in [2.05, 4.69) is 9.98 Å². The molecule has 6 heteroatoms. The highest BCUT2D eigenvalue weighted by Crippen LogP contribution is 2.28. The highest BCUT2D eigenvalue weighted by Gasteiger charge is 2.32. The highest BCUT2D eigenvalue weighted by molar-refractivity contribution is 6.30. The molecular weight excluding hydrogens is 244 g/mol. The van der Waals surface area contributed by atoms with Crippen LogP contribution in [0.5, 0.6) is 0 Å². The molecule has 1 aromatic rings. The van der Waals surface area contributed by atoms with Crippen LogP contribution >= 0.6 is 11.6 Å². The summed E-state index contributed by atoms with van der Waals surface area (Å²) >= 11 is 5.85. The molecule has 0 fully saturated rings. The molecule has 1 aliphatic rings. The van der Waals surface area contributed by atoms with E-state index in [0.29, 0.717) is 11.0 Å². The highest BCUT2D eigenvalue weighted by atomic mass is 35.5. The van der Waals surface area contributed by atoms with E-state index in [1.165, 1.54) is 0 Å². The van der Waals surface area contributed by atoms with Crippen LogP contribution in [0, 0.1) is 0 Å². The summed E-state index contributed by atoms with van der Waals surface area (Å²) in [6, 6.07) is 7.32. The molecule has 0 saturated heterocycles. The number of nitrogens with zero attached hydrogens (tertiary/aromatic N) is 3. The molecule has 0 amide bonds. The van der Waals surface area contributed by atoms with Gasteiger partial charge >= 0.3 is 0 Å². The molecule has 0 bridgehead atoms. The molecule has 0 aromatic heterocycles. The van der Waals surface area contributed by atoms with Gasteiger partial charge in [-0.1, -0.05) is 11.6 Å². The van der Waals surface area contributed by atoms with Crippen LogP contribution in [-0.4, -0.2) is 17.6 Å². The van der Waals surface area contributed by atoms with Crippen molar-refractivity contribution in [2.75, 3.05) is 4.90 Å². The summed E-state index contributed by atoms with van der Waals surface area (Å²) in [6.45, 7) is 3.83. The third kappa shape index (κ3) is 2.19. The van der Waals surface area contributed by atoms with E-state index in [4.69, 9.17) is 23.1 Å². The van der Waals surface area contributed by atoms with E-state index in [1.807, 2.05) is 26.0 Å². The van der Waals surface area contributed by atoms with Crippen molar-refractivity contribution in [2.45, 2.75) is 19.5 Å². The van der Waals surface area contributed by atoms with Crippen molar-refractivity contribution < 1.29 is 0 Å². The quantitative estimate of drug-likeness (QED) is 0.801. The minimum absolute atomic E-state index is 0.192. The van der Waals surface area contributed by atoms with Gasteiger partial charge in [-0.25, -0.2) is 4.99 Å². The molecule has 5 nitrogen and oxygen atoms in total. The van der Waals surface area contributed by atoms with Crippen LogP contribution in [0.1, 0.15) is 13.8 Å². The summed E-state index contributed by atoms with van der Waals surface area (Å²) in [4.78, 5) is 10.0. The minimum Gasteiger partial charge on any atom is -0.369 e. The first kappa shape index (κ1) is 11.7. The lowest BCUT2D eigenvalue weighted by molar-refractivity contribution is 0.534. The Morgan fingerprint density at radius 1 is 1.18 bits per heavy atom. The Hall–Kier alpha value is -1.75. The smallest absolute Gasteiger partial charge is 0.220 e. The van der Waals surface area contributed by atoms with Gasteiger partial charge in [-0.15, -0.1) is 0 Å². The number of nitrogens with two attached hydrogens (primary N) is 2. The molecule has 1 aliphatic heterocycles. The predicted molar refractivity (Wildman–Crippen MR) is 71.3 cm³/mol. The Morgan fingerprint density at radius 3 is 2.29 bits per heavy atom. The lowest BCUT2D eigenvalue weighted by atomic mass is 10.2. The number of hydrogen-bond acceptors (Lipinski definition) is 5. The molecule has 0 unspecified atom stereocenters. The van der Waals surface area contributed by atoms with Crippen LogP contribution in [0.4, 0.5) is 5.69 Å². The Balaban J connectivity index is 2.45. The van der Waals surface area contributed by atoms with Gasteiger partial charge in [-0.2, -0.15) is 4.99 Å². The summed E-state index contributed by atoms with van der Waals surface area (Å²) in [5.74, 6) is 0.516. The summed E-state index contributed by atoms with van der Waals surface area (Å²) in [5.41, 5.74) is 11.8. The lowest BCUT2D eigenvalue weighted by Gasteiger charge is -2.38. The first-order chi connectivity index (χ1) is 7.90. The molecule has 90 valence electrons. The molecule has 1 aromatic carbocycles. The molecule has 0 radical (unpaired) electrons. The minimum atomic E-state index is -0.566. The number of aliphatic imine (C=N–C) groups is 2. The second kappa shape index (κ2) is 3.92. The van der Waals surface area contributed by atoms with E-state index >= 15 is 0 Å². The van der Waals surface area contributed by atoms with Crippen molar-refractivity contribution in [1.82, 2.24) is 0 Å². The van der Waals surface area contributed by atoms with Gasteiger partial charge in [0.05, 0.1) is 0 Å². The molecule has 4 N–H and O–H groups in total. The second-order valence-electron chi connectivity index (χ2n) is 4.25. The zero-order valence-corrected chi connectivity index (χ0v) is 10.4. The van der Waals surface area contributed by atoms with Gasteiger partial charge in [0, 0.05) is 10.7 Å². The van der Waals surface area contributed by atoms with Crippen LogP contribution in [0.2, 0.25) is 5.02 Å². The molecule has 0 spiro atoms. The fourth-order valence-corrected chi connectivity index (χ4v) is 1.97. The van der Waals surface area contributed by atoms with Gasteiger partial charge in [0.1, 0.15) is 5.66 Å². The van der Waals surface area contributed by atoms with Gasteiger partial charge in [0.25, 0.3) is 0 Å². The van der Waals surface area contributed by atoms with Crippen LogP contribution in [0.3, 0.4) is 0 Å². The Labute approximate surface area is 105 Å². The van der Waals surface area contributed by atoms with E-state index in [-0.39, 0.29) is 5.96 Å². The fraction of sp³-hybridized carbons (Fsp3) is 0.273. The Kier molecular flexibility index (Phi) is 2.71. The summed E-state index contributed by atoms with van der Waals surface area (Å²) < 4.78 is 0.